The standard InChI is InChI=1S/C18H26N2O2/c1-22-16-7-4-5-14(11-16)8-10-20-17(21)18-9-3-2-6-15(18)12-19-13-18/h4-5,7,11,15,19H,2-3,6,8-10,12-13H2,1H3,(H,20,21)/t15-,18+/m0/s1. The van der Waals surface area contributed by atoms with Gasteiger partial charge >= 0.3 is 0 Å². The molecule has 2 N–H and O–H groups in total. The monoisotopic (exact) mass is 302 g/mol. The average Bonchev–Trinajstić information content (AvgIpc) is 3.00. The van der Waals surface area contributed by atoms with Crippen LogP contribution in [-0.2, 0) is 11.2 Å². The molecule has 4 heteroatoms. The van der Waals surface area contributed by atoms with E-state index in [1.165, 1.54) is 24.8 Å². The van der Waals surface area contributed by atoms with Crippen LogP contribution in [0.2, 0.25) is 0 Å². The maximum atomic E-state index is 12.7. The molecule has 4 nitrogen and oxygen atoms in total. The molecule has 2 aliphatic rings. The van der Waals surface area contributed by atoms with E-state index >= 15 is 0 Å². The number of hydrogen-bond donors (Lipinski definition) is 2. The van der Waals surface area contributed by atoms with Gasteiger partial charge in [-0.3, -0.25) is 4.79 Å². The van der Waals surface area contributed by atoms with E-state index in [1.807, 2.05) is 18.2 Å². The summed E-state index contributed by atoms with van der Waals surface area (Å²) >= 11 is 0. The second-order valence-electron chi connectivity index (χ2n) is 6.59. The van der Waals surface area contributed by atoms with Crippen molar-refractivity contribution in [3.63, 3.8) is 0 Å². The maximum absolute atomic E-state index is 12.7. The molecule has 2 atom stereocenters. The third-order valence-corrected chi connectivity index (χ3v) is 5.32. The molecule has 1 amide bonds. The fraction of sp³-hybridized carbons (Fsp3) is 0.611. The first-order valence-electron chi connectivity index (χ1n) is 8.36. The highest BCUT2D eigenvalue weighted by atomic mass is 16.5. The van der Waals surface area contributed by atoms with Gasteiger partial charge in [-0.1, -0.05) is 25.0 Å². The van der Waals surface area contributed by atoms with Crippen LogP contribution in [0.4, 0.5) is 0 Å². The molecule has 1 aliphatic heterocycles. The van der Waals surface area contributed by atoms with Crippen LogP contribution >= 0.6 is 0 Å². The number of ether oxygens (including phenoxy) is 1. The molecular formula is C18H26N2O2. The number of methoxy groups -OCH3 is 1. The zero-order valence-electron chi connectivity index (χ0n) is 13.4. The zero-order valence-corrected chi connectivity index (χ0v) is 13.4. The average molecular weight is 302 g/mol. The molecule has 22 heavy (non-hydrogen) atoms. The van der Waals surface area contributed by atoms with E-state index in [9.17, 15) is 4.79 Å². The van der Waals surface area contributed by atoms with E-state index in [-0.39, 0.29) is 11.3 Å². The third-order valence-electron chi connectivity index (χ3n) is 5.32. The van der Waals surface area contributed by atoms with Gasteiger partial charge in [0.1, 0.15) is 5.75 Å². The summed E-state index contributed by atoms with van der Waals surface area (Å²) < 4.78 is 5.24. The molecule has 0 aromatic heterocycles. The Kier molecular flexibility index (Phi) is 4.67. The van der Waals surface area contributed by atoms with Crippen molar-refractivity contribution in [3.05, 3.63) is 29.8 Å². The van der Waals surface area contributed by atoms with Crippen molar-refractivity contribution in [2.24, 2.45) is 11.3 Å². The molecule has 1 saturated carbocycles. The molecule has 0 radical (unpaired) electrons. The zero-order chi connectivity index (χ0) is 15.4. The predicted molar refractivity (Wildman–Crippen MR) is 87.0 cm³/mol. The Bertz CT molecular complexity index is 532. The Morgan fingerprint density at radius 1 is 1.45 bits per heavy atom. The molecule has 1 aliphatic carbocycles. The van der Waals surface area contributed by atoms with Crippen molar-refractivity contribution < 1.29 is 9.53 Å². The number of amides is 1. The molecule has 1 heterocycles. The highest BCUT2D eigenvalue weighted by Crippen LogP contribution is 2.43. The largest absolute Gasteiger partial charge is 0.497 e. The van der Waals surface area contributed by atoms with Crippen molar-refractivity contribution in [2.75, 3.05) is 26.7 Å². The summed E-state index contributed by atoms with van der Waals surface area (Å²) in [5.41, 5.74) is 1.05. The molecule has 0 spiro atoms. The number of nitrogens with one attached hydrogen (secondary N) is 2. The van der Waals surface area contributed by atoms with Crippen LogP contribution in [0.1, 0.15) is 31.2 Å². The van der Waals surface area contributed by atoms with Crippen LogP contribution < -0.4 is 15.4 Å². The summed E-state index contributed by atoms with van der Waals surface area (Å²) in [6.07, 6.45) is 5.52. The molecule has 2 fully saturated rings. The first-order chi connectivity index (χ1) is 10.7. The third kappa shape index (κ3) is 2.98. The van der Waals surface area contributed by atoms with E-state index in [0.29, 0.717) is 12.5 Å². The smallest absolute Gasteiger partial charge is 0.227 e. The van der Waals surface area contributed by atoms with E-state index in [4.69, 9.17) is 4.74 Å². The summed E-state index contributed by atoms with van der Waals surface area (Å²) in [6, 6.07) is 8.04. The van der Waals surface area contributed by atoms with Crippen LogP contribution in [-0.4, -0.2) is 32.7 Å². The second kappa shape index (κ2) is 6.69. The summed E-state index contributed by atoms with van der Waals surface area (Å²) in [4.78, 5) is 12.7. The van der Waals surface area contributed by atoms with Gasteiger partial charge in [0.2, 0.25) is 5.91 Å². The van der Waals surface area contributed by atoms with Crippen LogP contribution in [0.15, 0.2) is 24.3 Å². The van der Waals surface area contributed by atoms with Gasteiger partial charge in [-0.05, 0) is 49.4 Å². The normalized spacial score (nSPS) is 27.2. The minimum atomic E-state index is -0.146. The van der Waals surface area contributed by atoms with Gasteiger partial charge in [-0.15, -0.1) is 0 Å². The fourth-order valence-electron chi connectivity index (χ4n) is 4.01. The molecule has 3 rings (SSSR count). The fourth-order valence-corrected chi connectivity index (χ4v) is 4.01. The van der Waals surface area contributed by atoms with Crippen molar-refractivity contribution >= 4 is 5.91 Å². The van der Waals surface area contributed by atoms with Crippen LogP contribution in [0.25, 0.3) is 0 Å². The van der Waals surface area contributed by atoms with Gasteiger partial charge in [-0.25, -0.2) is 0 Å². The molecular weight excluding hydrogens is 276 g/mol. The van der Waals surface area contributed by atoms with Crippen LogP contribution in [0.3, 0.4) is 0 Å². The Hall–Kier alpha value is -1.55. The van der Waals surface area contributed by atoms with Crippen molar-refractivity contribution in [1.29, 1.82) is 0 Å². The van der Waals surface area contributed by atoms with Gasteiger partial charge in [0.05, 0.1) is 12.5 Å². The Balaban J connectivity index is 1.55. The van der Waals surface area contributed by atoms with Gasteiger partial charge in [0, 0.05) is 13.1 Å². The minimum absolute atomic E-state index is 0.146. The van der Waals surface area contributed by atoms with E-state index in [0.717, 1.165) is 31.7 Å². The van der Waals surface area contributed by atoms with Gasteiger partial charge < -0.3 is 15.4 Å². The quantitative estimate of drug-likeness (QED) is 0.876. The van der Waals surface area contributed by atoms with Gasteiger partial charge in [0.25, 0.3) is 0 Å². The predicted octanol–water partition coefficient (Wildman–Crippen LogP) is 2.13. The number of hydrogen-bond acceptors (Lipinski definition) is 3. The molecule has 120 valence electrons. The Labute approximate surface area is 132 Å². The van der Waals surface area contributed by atoms with Crippen LogP contribution in [0, 0.1) is 11.3 Å². The lowest BCUT2D eigenvalue weighted by Gasteiger charge is -2.37. The number of carbonyl (C=O) groups is 1. The molecule has 1 aromatic carbocycles. The topological polar surface area (TPSA) is 50.4 Å². The summed E-state index contributed by atoms with van der Waals surface area (Å²) in [6.45, 7) is 2.55. The number of rotatable bonds is 5. The maximum Gasteiger partial charge on any atom is 0.227 e. The highest BCUT2D eigenvalue weighted by molar-refractivity contribution is 5.83. The number of benzene rings is 1. The van der Waals surface area contributed by atoms with E-state index < -0.39 is 0 Å². The van der Waals surface area contributed by atoms with E-state index in [1.54, 1.807) is 7.11 Å². The lowest BCUT2D eigenvalue weighted by Crippen LogP contribution is -2.48. The van der Waals surface area contributed by atoms with Gasteiger partial charge in [-0.2, -0.15) is 0 Å². The summed E-state index contributed by atoms with van der Waals surface area (Å²) in [5, 5.41) is 6.61. The van der Waals surface area contributed by atoms with Crippen molar-refractivity contribution in [3.8, 4) is 5.75 Å². The SMILES string of the molecule is COc1cccc(CCNC(=O)[C@@]23CCCC[C@H]2CNC3)c1. The molecule has 1 aromatic rings. The Morgan fingerprint density at radius 3 is 3.23 bits per heavy atom. The van der Waals surface area contributed by atoms with E-state index in [2.05, 4.69) is 16.7 Å². The number of fused-ring (bicyclic) bond motifs is 1. The Morgan fingerprint density at radius 2 is 2.36 bits per heavy atom. The van der Waals surface area contributed by atoms with Crippen LogP contribution in [0.5, 0.6) is 5.75 Å². The van der Waals surface area contributed by atoms with Crippen molar-refractivity contribution in [1.82, 2.24) is 10.6 Å². The molecule has 0 unspecified atom stereocenters. The van der Waals surface area contributed by atoms with Gasteiger partial charge in [0.15, 0.2) is 0 Å². The number of carbonyl (C=O) groups excluding carboxylic acids is 1. The molecule has 1 saturated heterocycles. The van der Waals surface area contributed by atoms with Crippen molar-refractivity contribution in [2.45, 2.75) is 32.1 Å². The first-order valence-corrected chi connectivity index (χ1v) is 8.36. The summed E-state index contributed by atoms with van der Waals surface area (Å²) in [7, 11) is 1.68. The molecule has 0 bridgehead atoms. The lowest BCUT2D eigenvalue weighted by molar-refractivity contribution is -0.133. The second-order valence-corrected chi connectivity index (χ2v) is 6.59. The highest BCUT2D eigenvalue weighted by Gasteiger charge is 2.49. The lowest BCUT2D eigenvalue weighted by atomic mass is 9.67. The summed E-state index contributed by atoms with van der Waals surface area (Å²) in [5.74, 6) is 1.65. The minimum Gasteiger partial charge on any atom is -0.497 e. The first kappa shape index (κ1) is 15.3.